The fraction of sp³-hybridized carbons (Fsp3) is 0.281. The smallest absolute Gasteiger partial charge is 0.286 e. The van der Waals surface area contributed by atoms with Crippen LogP contribution in [-0.2, 0) is 10.2 Å². The molecule has 0 aromatic heterocycles. The van der Waals surface area contributed by atoms with Crippen LogP contribution in [0.4, 0.5) is 5.69 Å². The number of amides is 1. The molecule has 0 radical (unpaired) electrons. The van der Waals surface area contributed by atoms with Gasteiger partial charge in [-0.3, -0.25) is 4.79 Å². The number of nitrogens with zero attached hydrogens (tertiary/aromatic N) is 4. The van der Waals surface area contributed by atoms with Crippen molar-refractivity contribution in [2.45, 2.75) is 38.6 Å². The van der Waals surface area contributed by atoms with Gasteiger partial charge >= 0.3 is 0 Å². The number of carbonyl (C=O) groups excluding carboxylic acids is 1. The first kappa shape index (κ1) is 26.8. The largest absolute Gasteiger partial charge is 0.497 e. The van der Waals surface area contributed by atoms with E-state index in [-0.39, 0.29) is 17.4 Å². The normalized spacial score (nSPS) is 18.4. The second-order valence-corrected chi connectivity index (χ2v) is 12.0. The van der Waals surface area contributed by atoms with Crippen LogP contribution in [0.1, 0.15) is 55.5 Å². The summed E-state index contributed by atoms with van der Waals surface area (Å²) in [5, 5.41) is 7.51. The number of methoxy groups -OCH3 is 1. The highest BCUT2D eigenvalue weighted by Crippen LogP contribution is 2.40. The third-order valence-electron chi connectivity index (χ3n) is 7.01. The molecule has 5 rings (SSSR count). The third kappa shape index (κ3) is 5.78. The van der Waals surface area contributed by atoms with E-state index in [1.165, 1.54) is 17.3 Å². The predicted octanol–water partition coefficient (Wildman–Crippen LogP) is 6.88. The van der Waals surface area contributed by atoms with Gasteiger partial charge in [0.2, 0.25) is 0 Å². The summed E-state index contributed by atoms with van der Waals surface area (Å²) < 4.78 is 5.33. The molecule has 6 nitrogen and oxygen atoms in total. The second kappa shape index (κ2) is 10.7. The maximum absolute atomic E-state index is 13.0. The predicted molar refractivity (Wildman–Crippen MR) is 163 cm³/mol. The van der Waals surface area contributed by atoms with Gasteiger partial charge in [-0.2, -0.15) is 10.1 Å². The van der Waals surface area contributed by atoms with E-state index < -0.39 is 0 Å². The summed E-state index contributed by atoms with van der Waals surface area (Å²) >= 11 is 1.38. The molecule has 1 amide bonds. The zero-order valence-corrected chi connectivity index (χ0v) is 24.1. The number of hydrogen-bond acceptors (Lipinski definition) is 6. The third-order valence-corrected chi connectivity index (χ3v) is 7.98. The van der Waals surface area contributed by atoms with Gasteiger partial charge in [0.05, 0.1) is 23.8 Å². The molecule has 0 fully saturated rings. The Labute approximate surface area is 235 Å². The maximum Gasteiger partial charge on any atom is 0.286 e. The zero-order valence-electron chi connectivity index (χ0n) is 23.3. The molecular formula is C32H34N4O2S. The van der Waals surface area contributed by atoms with E-state index in [1.54, 1.807) is 7.11 Å². The van der Waals surface area contributed by atoms with Crippen molar-refractivity contribution in [2.75, 3.05) is 26.1 Å². The number of rotatable bonds is 5. The molecule has 0 saturated heterocycles. The van der Waals surface area contributed by atoms with Crippen LogP contribution in [0.5, 0.6) is 5.75 Å². The lowest BCUT2D eigenvalue weighted by atomic mass is 9.87. The summed E-state index contributed by atoms with van der Waals surface area (Å²) in [5.41, 5.74) is 6.55. The highest BCUT2D eigenvalue weighted by Gasteiger charge is 2.36. The van der Waals surface area contributed by atoms with Crippen LogP contribution in [0, 0.1) is 0 Å². The highest BCUT2D eigenvalue weighted by molar-refractivity contribution is 8.18. The van der Waals surface area contributed by atoms with Crippen LogP contribution in [-0.4, -0.2) is 43.0 Å². The topological polar surface area (TPSA) is 57.5 Å². The molecule has 200 valence electrons. The van der Waals surface area contributed by atoms with E-state index in [1.807, 2.05) is 49.4 Å². The summed E-state index contributed by atoms with van der Waals surface area (Å²) in [6.07, 6.45) is 2.62. The minimum atomic E-state index is -0.232. The summed E-state index contributed by atoms with van der Waals surface area (Å²) in [6.45, 7) is 6.58. The molecule has 2 aliphatic rings. The van der Waals surface area contributed by atoms with Crippen LogP contribution in [0.15, 0.2) is 87.8 Å². The lowest BCUT2D eigenvalue weighted by molar-refractivity contribution is -0.113. The van der Waals surface area contributed by atoms with Crippen LogP contribution in [0.2, 0.25) is 0 Å². The fourth-order valence-corrected chi connectivity index (χ4v) is 5.54. The van der Waals surface area contributed by atoms with E-state index in [2.05, 4.69) is 79.2 Å². The molecule has 3 aromatic carbocycles. The van der Waals surface area contributed by atoms with Gasteiger partial charge in [-0.1, -0.05) is 57.2 Å². The average Bonchev–Trinajstić information content (AvgIpc) is 3.52. The lowest BCUT2D eigenvalue weighted by Crippen LogP contribution is -2.23. The molecule has 2 heterocycles. The van der Waals surface area contributed by atoms with Crippen molar-refractivity contribution in [3.05, 3.63) is 100.0 Å². The number of carbonyl (C=O) groups is 1. The van der Waals surface area contributed by atoms with Crippen LogP contribution in [0.3, 0.4) is 0 Å². The van der Waals surface area contributed by atoms with Crippen molar-refractivity contribution >= 4 is 40.3 Å². The molecule has 1 unspecified atom stereocenters. The second-order valence-electron chi connectivity index (χ2n) is 11.0. The molecular weight excluding hydrogens is 504 g/mol. The van der Waals surface area contributed by atoms with Crippen LogP contribution < -0.4 is 9.64 Å². The van der Waals surface area contributed by atoms with Gasteiger partial charge in [0.25, 0.3) is 5.91 Å². The van der Waals surface area contributed by atoms with E-state index in [0.717, 1.165) is 33.8 Å². The number of amidine groups is 1. The molecule has 0 N–H and O–H groups in total. The minimum absolute atomic E-state index is 0.0669. The maximum atomic E-state index is 13.0. The van der Waals surface area contributed by atoms with Crippen LogP contribution in [0.25, 0.3) is 6.08 Å². The minimum Gasteiger partial charge on any atom is -0.497 e. The molecule has 0 bridgehead atoms. The molecule has 0 aliphatic carbocycles. The quantitative estimate of drug-likeness (QED) is 0.332. The molecule has 7 heteroatoms. The average molecular weight is 539 g/mol. The van der Waals surface area contributed by atoms with Gasteiger partial charge in [-0.15, -0.1) is 0 Å². The summed E-state index contributed by atoms with van der Waals surface area (Å²) in [4.78, 5) is 20.1. The number of hydrogen-bond donors (Lipinski definition) is 0. The van der Waals surface area contributed by atoms with Gasteiger partial charge in [-0.05, 0) is 81.9 Å². The van der Waals surface area contributed by atoms with Crippen molar-refractivity contribution in [1.29, 1.82) is 0 Å². The standard InChI is InChI=1S/C32H34N4O2S/c1-32(2,3)24-13-7-21(8-14-24)19-29-30(37)33-31(39-29)36-28(23-9-15-25(16-10-23)35(4)5)20-27(34-36)22-11-17-26(38-6)18-12-22/h7-19,28H,20H2,1-6H3/b29-19-. The number of benzene rings is 3. The number of anilines is 1. The Bertz CT molecular complexity index is 1450. The zero-order chi connectivity index (χ0) is 27.7. The van der Waals surface area contributed by atoms with Gasteiger partial charge in [0.15, 0.2) is 5.17 Å². The molecule has 1 atom stereocenters. The summed E-state index contributed by atoms with van der Waals surface area (Å²) in [7, 11) is 5.72. The summed E-state index contributed by atoms with van der Waals surface area (Å²) in [5.74, 6) is 0.571. The van der Waals surface area contributed by atoms with Crippen molar-refractivity contribution in [1.82, 2.24) is 5.01 Å². The molecule has 0 spiro atoms. The Hall–Kier alpha value is -3.84. The first-order chi connectivity index (χ1) is 18.6. The van der Waals surface area contributed by atoms with Gasteiger partial charge in [0.1, 0.15) is 5.75 Å². The van der Waals surface area contributed by atoms with E-state index in [9.17, 15) is 4.79 Å². The molecule has 0 saturated carbocycles. The van der Waals surface area contributed by atoms with Crippen molar-refractivity contribution < 1.29 is 9.53 Å². The molecule has 3 aromatic rings. The molecule has 2 aliphatic heterocycles. The van der Waals surface area contributed by atoms with Gasteiger partial charge in [0, 0.05) is 26.2 Å². The Morgan fingerprint density at radius 2 is 1.64 bits per heavy atom. The first-order valence-corrected chi connectivity index (χ1v) is 13.9. The molecule has 39 heavy (non-hydrogen) atoms. The fourth-order valence-electron chi connectivity index (χ4n) is 4.63. The Morgan fingerprint density at radius 3 is 2.23 bits per heavy atom. The summed E-state index contributed by atoms with van der Waals surface area (Å²) in [6, 6.07) is 24.7. The Kier molecular flexibility index (Phi) is 7.36. The van der Waals surface area contributed by atoms with Crippen LogP contribution >= 0.6 is 11.8 Å². The first-order valence-electron chi connectivity index (χ1n) is 13.0. The monoisotopic (exact) mass is 538 g/mol. The van der Waals surface area contributed by atoms with Crippen molar-refractivity contribution in [3.8, 4) is 5.75 Å². The van der Waals surface area contributed by atoms with Gasteiger partial charge < -0.3 is 9.64 Å². The SMILES string of the molecule is COc1ccc(C2=NN(C3=NC(=O)/C(=C/c4ccc(C(C)(C)C)cc4)S3)C(c3ccc(N(C)C)cc3)C2)cc1. The van der Waals surface area contributed by atoms with E-state index in [0.29, 0.717) is 16.5 Å². The number of hydrazone groups is 1. The number of thioether (sulfide) groups is 1. The number of aliphatic imine (C=N–C) groups is 1. The Balaban J connectivity index is 1.44. The van der Waals surface area contributed by atoms with Crippen molar-refractivity contribution in [3.63, 3.8) is 0 Å². The number of ether oxygens (including phenoxy) is 1. The Morgan fingerprint density at radius 1 is 0.974 bits per heavy atom. The lowest BCUT2D eigenvalue weighted by Gasteiger charge is -2.23. The van der Waals surface area contributed by atoms with Crippen molar-refractivity contribution in [2.24, 2.45) is 10.1 Å². The van der Waals surface area contributed by atoms with E-state index in [4.69, 9.17) is 9.84 Å². The van der Waals surface area contributed by atoms with Gasteiger partial charge in [-0.25, -0.2) is 5.01 Å². The highest BCUT2D eigenvalue weighted by atomic mass is 32.2. The van der Waals surface area contributed by atoms with E-state index >= 15 is 0 Å².